The molecule has 2 aliphatic carbocycles. The third kappa shape index (κ3) is 2.84. The van der Waals surface area contributed by atoms with Gasteiger partial charge < -0.3 is 10.2 Å². The highest BCUT2D eigenvalue weighted by molar-refractivity contribution is 6.31. The molecule has 0 radical (unpaired) electrons. The molecule has 0 aromatic heterocycles. The normalized spacial score (nSPS) is 30.2. The molecule has 4 aliphatic rings. The number of nitrogens with zero attached hydrogens (tertiary/aromatic N) is 1. The van der Waals surface area contributed by atoms with Crippen LogP contribution < -0.4 is 5.32 Å². The van der Waals surface area contributed by atoms with Crippen LogP contribution >= 0.6 is 11.6 Å². The maximum absolute atomic E-state index is 13.3. The fraction of sp³-hybridized carbons (Fsp3) is 0.368. The van der Waals surface area contributed by atoms with Gasteiger partial charge in [0.25, 0.3) is 0 Å². The predicted molar refractivity (Wildman–Crippen MR) is 92.7 cm³/mol. The molecule has 2 heterocycles. The summed E-state index contributed by atoms with van der Waals surface area (Å²) < 4.78 is 13.3. The molecule has 0 aromatic carbocycles. The van der Waals surface area contributed by atoms with Crippen molar-refractivity contribution in [2.75, 3.05) is 13.1 Å². The number of allylic oxidation sites excluding steroid dienone is 4. The smallest absolute Gasteiger partial charge is 0.119 e. The van der Waals surface area contributed by atoms with Gasteiger partial charge in [0.15, 0.2) is 0 Å². The molecule has 4 rings (SSSR count). The molecule has 2 aliphatic heterocycles. The van der Waals surface area contributed by atoms with Crippen LogP contribution in [0.5, 0.6) is 0 Å². The standard InChI is InChI=1S/C19H20ClFN2/c20-14-1-6-19-17(11-14)18(13-7-9-22-10-8-13)12-23(19)16-4-2-15(21)3-5-16/h1-4,7,11-12,16,19,22H,5-6,8-10H2. The minimum Gasteiger partial charge on any atom is -0.363 e. The summed E-state index contributed by atoms with van der Waals surface area (Å²) in [7, 11) is 0. The number of halogens is 2. The van der Waals surface area contributed by atoms with E-state index in [4.69, 9.17) is 11.6 Å². The lowest BCUT2D eigenvalue weighted by Gasteiger charge is -2.34. The Bertz CT molecular complexity index is 696. The molecule has 2 unspecified atom stereocenters. The maximum Gasteiger partial charge on any atom is 0.119 e. The van der Waals surface area contributed by atoms with Gasteiger partial charge in [-0.05, 0) is 60.8 Å². The van der Waals surface area contributed by atoms with Crippen molar-refractivity contribution >= 4 is 11.6 Å². The third-order valence-corrected chi connectivity index (χ3v) is 5.23. The second-order valence-corrected chi connectivity index (χ2v) is 6.80. The number of hydrogen-bond donors (Lipinski definition) is 1. The fourth-order valence-electron chi connectivity index (χ4n) is 3.77. The Morgan fingerprint density at radius 1 is 1.22 bits per heavy atom. The number of fused-ring (bicyclic) bond motifs is 1. The molecule has 0 fully saturated rings. The molecule has 0 amide bonds. The summed E-state index contributed by atoms with van der Waals surface area (Å²) in [5.41, 5.74) is 4.02. The highest BCUT2D eigenvalue weighted by atomic mass is 35.5. The van der Waals surface area contributed by atoms with Crippen molar-refractivity contribution < 1.29 is 4.39 Å². The van der Waals surface area contributed by atoms with Crippen molar-refractivity contribution in [2.45, 2.75) is 31.3 Å². The lowest BCUT2D eigenvalue weighted by Crippen LogP contribution is -2.37. The monoisotopic (exact) mass is 330 g/mol. The number of nitrogens with one attached hydrogen (secondary N) is 1. The Morgan fingerprint density at radius 3 is 2.87 bits per heavy atom. The molecular weight excluding hydrogens is 311 g/mol. The van der Waals surface area contributed by atoms with E-state index in [1.165, 1.54) is 16.7 Å². The van der Waals surface area contributed by atoms with Gasteiger partial charge in [0, 0.05) is 17.8 Å². The Balaban J connectivity index is 1.68. The van der Waals surface area contributed by atoms with Gasteiger partial charge in [-0.3, -0.25) is 0 Å². The summed E-state index contributed by atoms with van der Waals surface area (Å²) in [4.78, 5) is 2.38. The molecule has 0 saturated heterocycles. The second-order valence-electron chi connectivity index (χ2n) is 6.36. The van der Waals surface area contributed by atoms with Gasteiger partial charge >= 0.3 is 0 Å². The van der Waals surface area contributed by atoms with Crippen molar-refractivity contribution in [2.24, 2.45) is 0 Å². The zero-order valence-corrected chi connectivity index (χ0v) is 13.7. The van der Waals surface area contributed by atoms with E-state index in [1.807, 2.05) is 6.08 Å². The van der Waals surface area contributed by atoms with E-state index < -0.39 is 0 Å². The maximum atomic E-state index is 13.3. The summed E-state index contributed by atoms with van der Waals surface area (Å²) in [5.74, 6) is -0.131. The predicted octanol–water partition coefficient (Wildman–Crippen LogP) is 4.11. The minimum atomic E-state index is -0.131. The first kappa shape index (κ1) is 15.0. The van der Waals surface area contributed by atoms with E-state index >= 15 is 0 Å². The first-order chi connectivity index (χ1) is 11.2. The topological polar surface area (TPSA) is 15.3 Å². The first-order valence-electron chi connectivity index (χ1n) is 8.23. The Hall–Kier alpha value is -1.58. The van der Waals surface area contributed by atoms with Gasteiger partial charge in [0.2, 0.25) is 0 Å². The van der Waals surface area contributed by atoms with Crippen LogP contribution in [0.2, 0.25) is 0 Å². The van der Waals surface area contributed by atoms with Gasteiger partial charge in [-0.15, -0.1) is 0 Å². The second kappa shape index (κ2) is 6.14. The largest absolute Gasteiger partial charge is 0.363 e. The van der Waals surface area contributed by atoms with Gasteiger partial charge in [0.1, 0.15) is 5.83 Å². The van der Waals surface area contributed by atoms with Crippen LogP contribution in [0.1, 0.15) is 19.3 Å². The molecule has 0 saturated carbocycles. The van der Waals surface area contributed by atoms with Gasteiger partial charge in [0.05, 0.1) is 12.1 Å². The number of hydrogen-bond acceptors (Lipinski definition) is 2. The number of rotatable bonds is 2. The van der Waals surface area contributed by atoms with Gasteiger partial charge in [-0.25, -0.2) is 4.39 Å². The molecule has 0 spiro atoms. The molecule has 2 atom stereocenters. The van der Waals surface area contributed by atoms with E-state index in [-0.39, 0.29) is 11.9 Å². The Labute approximate surface area is 141 Å². The first-order valence-corrected chi connectivity index (χ1v) is 8.61. The van der Waals surface area contributed by atoms with Crippen LogP contribution in [-0.2, 0) is 0 Å². The van der Waals surface area contributed by atoms with Crippen LogP contribution in [0, 0.1) is 0 Å². The molecular formula is C19H20ClFN2. The van der Waals surface area contributed by atoms with Crippen molar-refractivity contribution in [1.82, 2.24) is 10.2 Å². The van der Waals surface area contributed by atoms with Crippen LogP contribution in [-0.4, -0.2) is 30.1 Å². The molecule has 120 valence electrons. The van der Waals surface area contributed by atoms with E-state index in [0.29, 0.717) is 12.5 Å². The summed E-state index contributed by atoms with van der Waals surface area (Å²) in [6, 6.07) is 0.528. The van der Waals surface area contributed by atoms with E-state index in [1.54, 1.807) is 12.2 Å². The minimum absolute atomic E-state index is 0.131. The molecule has 4 heteroatoms. The van der Waals surface area contributed by atoms with Crippen LogP contribution in [0.25, 0.3) is 0 Å². The van der Waals surface area contributed by atoms with E-state index in [2.05, 4.69) is 34.6 Å². The fourth-order valence-corrected chi connectivity index (χ4v) is 3.98. The van der Waals surface area contributed by atoms with Gasteiger partial charge in [-0.2, -0.15) is 0 Å². The zero-order chi connectivity index (χ0) is 15.8. The van der Waals surface area contributed by atoms with Crippen LogP contribution in [0.4, 0.5) is 4.39 Å². The Kier molecular flexibility index (Phi) is 4.00. The average molecular weight is 331 g/mol. The van der Waals surface area contributed by atoms with Crippen molar-refractivity contribution in [3.63, 3.8) is 0 Å². The van der Waals surface area contributed by atoms with Crippen LogP contribution in [0.3, 0.4) is 0 Å². The summed E-state index contributed by atoms with van der Waals surface area (Å²) in [5, 5.41) is 4.19. The molecule has 0 aromatic rings. The molecule has 0 bridgehead atoms. The van der Waals surface area contributed by atoms with Crippen molar-refractivity contribution in [3.8, 4) is 0 Å². The molecule has 2 nitrogen and oxygen atoms in total. The summed E-state index contributed by atoms with van der Waals surface area (Å²) >= 11 is 6.27. The van der Waals surface area contributed by atoms with Crippen molar-refractivity contribution in [1.29, 1.82) is 0 Å². The van der Waals surface area contributed by atoms with E-state index in [0.717, 1.165) is 31.0 Å². The van der Waals surface area contributed by atoms with E-state index in [9.17, 15) is 4.39 Å². The lowest BCUT2D eigenvalue weighted by molar-refractivity contribution is 0.276. The van der Waals surface area contributed by atoms with Crippen LogP contribution in [0.15, 0.2) is 70.2 Å². The highest BCUT2D eigenvalue weighted by Crippen LogP contribution is 2.41. The molecule has 1 N–H and O–H groups in total. The van der Waals surface area contributed by atoms with Crippen molar-refractivity contribution in [3.05, 3.63) is 70.2 Å². The molecule has 23 heavy (non-hydrogen) atoms. The zero-order valence-electron chi connectivity index (χ0n) is 12.9. The summed E-state index contributed by atoms with van der Waals surface area (Å²) in [6.45, 7) is 1.94. The third-order valence-electron chi connectivity index (χ3n) is 4.96. The summed E-state index contributed by atoms with van der Waals surface area (Å²) in [6.07, 6.45) is 16.6. The average Bonchev–Trinajstić information content (AvgIpc) is 2.95. The quantitative estimate of drug-likeness (QED) is 0.819. The Morgan fingerprint density at radius 2 is 2.13 bits per heavy atom. The lowest BCUT2D eigenvalue weighted by atomic mass is 9.89. The highest BCUT2D eigenvalue weighted by Gasteiger charge is 2.35. The van der Waals surface area contributed by atoms with Gasteiger partial charge in [-0.1, -0.05) is 29.8 Å². The SMILES string of the molecule is FC1=CCC(N2C=C(C3=CCNCC3)C3=CC(Cl)=CCC32)C=C1.